The van der Waals surface area contributed by atoms with Gasteiger partial charge in [-0.2, -0.15) is 13.2 Å². The Labute approximate surface area is 113 Å². The third-order valence-corrected chi connectivity index (χ3v) is 2.48. The zero-order valence-electron chi connectivity index (χ0n) is 10.5. The highest BCUT2D eigenvalue weighted by Crippen LogP contribution is 2.35. The molecule has 0 aliphatic carbocycles. The fourth-order valence-electron chi connectivity index (χ4n) is 1.68. The van der Waals surface area contributed by atoms with E-state index < -0.39 is 11.7 Å². The Kier molecular flexibility index (Phi) is 3.75. The van der Waals surface area contributed by atoms with Crippen LogP contribution in [-0.4, -0.2) is 9.97 Å². The van der Waals surface area contributed by atoms with Crippen LogP contribution in [0.1, 0.15) is 11.4 Å². The summed E-state index contributed by atoms with van der Waals surface area (Å²) in [7, 11) is 0. The van der Waals surface area contributed by atoms with Crippen LogP contribution in [0.3, 0.4) is 0 Å². The zero-order valence-corrected chi connectivity index (χ0v) is 10.5. The second kappa shape index (κ2) is 5.33. The topological polar surface area (TPSA) is 75.9 Å². The predicted octanol–water partition coefficient (Wildman–Crippen LogP) is 2.83. The zero-order chi connectivity index (χ0) is 14.8. The first-order chi connectivity index (χ1) is 9.40. The van der Waals surface area contributed by atoms with Crippen molar-refractivity contribution in [2.45, 2.75) is 13.1 Å². The molecule has 5 nitrogen and oxygen atoms in total. The van der Waals surface area contributed by atoms with Crippen molar-refractivity contribution in [2.24, 2.45) is 5.84 Å². The molecule has 0 fully saturated rings. The lowest BCUT2D eigenvalue weighted by molar-refractivity contribution is -0.136. The van der Waals surface area contributed by atoms with Gasteiger partial charge in [0.1, 0.15) is 17.5 Å². The molecule has 0 amide bonds. The van der Waals surface area contributed by atoms with Crippen LogP contribution in [0, 0.1) is 6.92 Å². The number of nitrogen functional groups attached to an aromatic ring is 1. The quantitative estimate of drug-likeness (QED) is 0.596. The molecule has 0 saturated carbocycles. The van der Waals surface area contributed by atoms with Crippen molar-refractivity contribution in [2.75, 3.05) is 10.7 Å². The maximum Gasteiger partial charge on any atom is 0.418 e. The summed E-state index contributed by atoms with van der Waals surface area (Å²) in [5.41, 5.74) is 1.48. The van der Waals surface area contributed by atoms with Crippen molar-refractivity contribution >= 4 is 17.3 Å². The lowest BCUT2D eigenvalue weighted by atomic mass is 10.1. The molecule has 0 bridgehead atoms. The van der Waals surface area contributed by atoms with Crippen molar-refractivity contribution in [3.63, 3.8) is 0 Å². The number of hydrazine groups is 1. The van der Waals surface area contributed by atoms with E-state index in [2.05, 4.69) is 20.7 Å². The molecule has 106 valence electrons. The average molecular weight is 283 g/mol. The minimum Gasteiger partial charge on any atom is -0.340 e. The number of alkyl halides is 3. The highest BCUT2D eigenvalue weighted by atomic mass is 19.4. The van der Waals surface area contributed by atoms with Gasteiger partial charge in [0, 0.05) is 6.07 Å². The van der Waals surface area contributed by atoms with E-state index in [4.69, 9.17) is 5.84 Å². The lowest BCUT2D eigenvalue weighted by Gasteiger charge is -2.14. The molecule has 0 aliphatic rings. The average Bonchev–Trinajstić information content (AvgIpc) is 2.37. The summed E-state index contributed by atoms with van der Waals surface area (Å²) < 4.78 is 38.6. The molecule has 1 heterocycles. The summed E-state index contributed by atoms with van der Waals surface area (Å²) in [6.07, 6.45) is -4.44. The van der Waals surface area contributed by atoms with Gasteiger partial charge < -0.3 is 10.7 Å². The Hall–Kier alpha value is -2.35. The molecule has 0 radical (unpaired) electrons. The van der Waals surface area contributed by atoms with Crippen LogP contribution in [0.4, 0.5) is 30.5 Å². The van der Waals surface area contributed by atoms with Crippen molar-refractivity contribution in [3.05, 3.63) is 41.7 Å². The van der Waals surface area contributed by atoms with Gasteiger partial charge in [0.05, 0.1) is 11.3 Å². The van der Waals surface area contributed by atoms with Crippen LogP contribution in [0.2, 0.25) is 0 Å². The maximum absolute atomic E-state index is 12.9. The molecule has 0 spiro atoms. The molecular weight excluding hydrogens is 271 g/mol. The maximum atomic E-state index is 12.9. The number of para-hydroxylation sites is 1. The number of aromatic nitrogens is 2. The van der Waals surface area contributed by atoms with Crippen LogP contribution >= 0.6 is 0 Å². The van der Waals surface area contributed by atoms with E-state index in [-0.39, 0.29) is 11.5 Å². The van der Waals surface area contributed by atoms with Gasteiger partial charge >= 0.3 is 6.18 Å². The molecular formula is C12H12F3N5. The monoisotopic (exact) mass is 283 g/mol. The standard InChI is InChI=1S/C12H12F3N5/c1-7-17-10(6-11(18-7)20-16)19-9-5-3-2-4-8(9)12(13,14)15/h2-6H,16H2,1H3,(H2,17,18,19,20). The Morgan fingerprint density at radius 2 is 1.75 bits per heavy atom. The first-order valence-electron chi connectivity index (χ1n) is 5.65. The number of nitrogens with zero attached hydrogens (tertiary/aromatic N) is 2. The summed E-state index contributed by atoms with van der Waals surface area (Å²) in [6, 6.07) is 6.58. The minimum atomic E-state index is -4.44. The fraction of sp³-hybridized carbons (Fsp3) is 0.167. The van der Waals surface area contributed by atoms with Gasteiger partial charge in [-0.25, -0.2) is 15.8 Å². The molecule has 2 rings (SSSR count). The predicted molar refractivity (Wildman–Crippen MR) is 69.3 cm³/mol. The third kappa shape index (κ3) is 3.15. The van der Waals surface area contributed by atoms with Crippen molar-refractivity contribution < 1.29 is 13.2 Å². The van der Waals surface area contributed by atoms with Gasteiger partial charge in [0.15, 0.2) is 0 Å². The van der Waals surface area contributed by atoms with E-state index in [1.54, 1.807) is 6.92 Å². The highest BCUT2D eigenvalue weighted by Gasteiger charge is 2.33. The Balaban J connectivity index is 2.38. The number of nitrogens with two attached hydrogens (primary N) is 1. The first-order valence-corrected chi connectivity index (χ1v) is 5.65. The lowest BCUT2D eigenvalue weighted by Crippen LogP contribution is -2.12. The molecule has 4 N–H and O–H groups in total. The second-order valence-corrected chi connectivity index (χ2v) is 4.00. The summed E-state index contributed by atoms with van der Waals surface area (Å²) >= 11 is 0. The number of hydrogen-bond acceptors (Lipinski definition) is 5. The van der Waals surface area contributed by atoms with E-state index in [1.165, 1.54) is 24.3 Å². The second-order valence-electron chi connectivity index (χ2n) is 4.00. The van der Waals surface area contributed by atoms with E-state index in [0.29, 0.717) is 11.6 Å². The Bertz CT molecular complexity index is 612. The Morgan fingerprint density at radius 3 is 2.40 bits per heavy atom. The van der Waals surface area contributed by atoms with Crippen LogP contribution < -0.4 is 16.6 Å². The molecule has 0 saturated heterocycles. The normalized spacial score (nSPS) is 11.2. The van der Waals surface area contributed by atoms with Crippen LogP contribution in [-0.2, 0) is 6.18 Å². The van der Waals surface area contributed by atoms with E-state index >= 15 is 0 Å². The van der Waals surface area contributed by atoms with Gasteiger partial charge in [0.2, 0.25) is 0 Å². The summed E-state index contributed by atoms with van der Waals surface area (Å²) in [4.78, 5) is 7.97. The first kappa shape index (κ1) is 14.1. The number of hydrogen-bond donors (Lipinski definition) is 3. The number of nitrogens with one attached hydrogen (secondary N) is 2. The summed E-state index contributed by atoms with van der Waals surface area (Å²) in [6.45, 7) is 1.61. The van der Waals surface area contributed by atoms with Gasteiger partial charge in [-0.3, -0.25) is 0 Å². The molecule has 1 aromatic carbocycles. The van der Waals surface area contributed by atoms with Crippen molar-refractivity contribution in [3.8, 4) is 0 Å². The van der Waals surface area contributed by atoms with Gasteiger partial charge in [0.25, 0.3) is 0 Å². The largest absolute Gasteiger partial charge is 0.418 e. The highest BCUT2D eigenvalue weighted by molar-refractivity contribution is 5.63. The van der Waals surface area contributed by atoms with Gasteiger partial charge in [-0.05, 0) is 19.1 Å². The molecule has 2 aromatic rings. The number of aryl methyl sites for hydroxylation is 1. The third-order valence-electron chi connectivity index (χ3n) is 2.48. The van der Waals surface area contributed by atoms with E-state index in [0.717, 1.165) is 6.07 Å². The number of anilines is 3. The van der Waals surface area contributed by atoms with Crippen molar-refractivity contribution in [1.29, 1.82) is 0 Å². The van der Waals surface area contributed by atoms with Crippen molar-refractivity contribution in [1.82, 2.24) is 9.97 Å². The Morgan fingerprint density at radius 1 is 1.10 bits per heavy atom. The number of halogens is 3. The molecule has 0 unspecified atom stereocenters. The van der Waals surface area contributed by atoms with E-state index in [9.17, 15) is 13.2 Å². The molecule has 8 heteroatoms. The smallest absolute Gasteiger partial charge is 0.340 e. The summed E-state index contributed by atoms with van der Waals surface area (Å²) in [5, 5.41) is 2.63. The summed E-state index contributed by atoms with van der Waals surface area (Å²) in [5.74, 6) is 6.15. The molecule has 1 aromatic heterocycles. The molecule has 0 atom stereocenters. The van der Waals surface area contributed by atoms with Crippen LogP contribution in [0.5, 0.6) is 0 Å². The fourth-order valence-corrected chi connectivity index (χ4v) is 1.68. The van der Waals surface area contributed by atoms with Gasteiger partial charge in [-0.15, -0.1) is 0 Å². The van der Waals surface area contributed by atoms with Gasteiger partial charge in [-0.1, -0.05) is 12.1 Å². The molecule has 20 heavy (non-hydrogen) atoms. The van der Waals surface area contributed by atoms with Crippen LogP contribution in [0.15, 0.2) is 30.3 Å². The van der Waals surface area contributed by atoms with Crippen LogP contribution in [0.25, 0.3) is 0 Å². The van der Waals surface area contributed by atoms with E-state index in [1.807, 2.05) is 0 Å². The molecule has 0 aliphatic heterocycles. The number of rotatable bonds is 3. The number of benzene rings is 1. The SMILES string of the molecule is Cc1nc(NN)cc(Nc2ccccc2C(F)(F)F)n1. The minimum absolute atomic E-state index is 0.0823.